The van der Waals surface area contributed by atoms with Gasteiger partial charge in [0.25, 0.3) is 5.91 Å². The molecule has 1 aromatic carbocycles. The lowest BCUT2D eigenvalue weighted by atomic mass is 10.0. The molecule has 4 nitrogen and oxygen atoms in total. The summed E-state index contributed by atoms with van der Waals surface area (Å²) in [6, 6.07) is 2.90. The molecule has 1 fully saturated rings. The SMILES string of the molecule is Cc1cn[nH]c1[C@@H]1CCN(C(=O)c2cc(F)cc(F)c2)C1. The Kier molecular flexibility index (Phi) is 3.45. The molecule has 1 aliphatic heterocycles. The number of aromatic amines is 1. The first-order valence-electron chi connectivity index (χ1n) is 6.80. The van der Waals surface area contributed by atoms with Crippen molar-refractivity contribution in [1.82, 2.24) is 15.1 Å². The van der Waals surface area contributed by atoms with Crippen molar-refractivity contribution >= 4 is 5.91 Å². The Morgan fingerprint density at radius 3 is 2.67 bits per heavy atom. The second kappa shape index (κ2) is 5.27. The number of nitrogens with one attached hydrogen (secondary N) is 1. The molecule has 6 heteroatoms. The third kappa shape index (κ3) is 2.66. The molecule has 21 heavy (non-hydrogen) atoms. The molecule has 3 rings (SSSR count). The molecule has 0 unspecified atom stereocenters. The summed E-state index contributed by atoms with van der Waals surface area (Å²) in [5.41, 5.74) is 2.14. The van der Waals surface area contributed by atoms with Crippen LogP contribution in [0.25, 0.3) is 0 Å². The van der Waals surface area contributed by atoms with E-state index in [9.17, 15) is 13.6 Å². The third-order valence-electron chi connectivity index (χ3n) is 3.86. The monoisotopic (exact) mass is 291 g/mol. The number of hydrogen-bond acceptors (Lipinski definition) is 2. The molecule has 0 radical (unpaired) electrons. The van der Waals surface area contributed by atoms with Crippen molar-refractivity contribution in [1.29, 1.82) is 0 Å². The first-order chi connectivity index (χ1) is 10.0. The maximum Gasteiger partial charge on any atom is 0.254 e. The molecule has 110 valence electrons. The fourth-order valence-electron chi connectivity index (χ4n) is 2.81. The van der Waals surface area contributed by atoms with Crippen LogP contribution in [0, 0.1) is 18.6 Å². The number of benzene rings is 1. The van der Waals surface area contributed by atoms with Crippen LogP contribution < -0.4 is 0 Å². The minimum atomic E-state index is -0.737. The Morgan fingerprint density at radius 2 is 2.05 bits per heavy atom. The van der Waals surface area contributed by atoms with Gasteiger partial charge in [-0.05, 0) is 31.0 Å². The second-order valence-electron chi connectivity index (χ2n) is 5.36. The predicted octanol–water partition coefficient (Wildman–Crippen LogP) is 2.63. The van der Waals surface area contributed by atoms with Gasteiger partial charge in [-0.2, -0.15) is 5.10 Å². The van der Waals surface area contributed by atoms with E-state index in [-0.39, 0.29) is 17.4 Å². The largest absolute Gasteiger partial charge is 0.338 e. The van der Waals surface area contributed by atoms with E-state index in [1.54, 1.807) is 11.1 Å². The Hall–Kier alpha value is -2.24. The zero-order valence-corrected chi connectivity index (χ0v) is 11.6. The summed E-state index contributed by atoms with van der Waals surface area (Å²) in [4.78, 5) is 13.9. The molecule has 0 spiro atoms. The molecule has 1 N–H and O–H groups in total. The number of aromatic nitrogens is 2. The van der Waals surface area contributed by atoms with Gasteiger partial charge in [-0.15, -0.1) is 0 Å². The highest BCUT2D eigenvalue weighted by Gasteiger charge is 2.30. The summed E-state index contributed by atoms with van der Waals surface area (Å²) in [5, 5.41) is 6.95. The van der Waals surface area contributed by atoms with Crippen LogP contribution in [-0.2, 0) is 0 Å². The zero-order valence-electron chi connectivity index (χ0n) is 11.6. The van der Waals surface area contributed by atoms with Gasteiger partial charge >= 0.3 is 0 Å². The summed E-state index contributed by atoms with van der Waals surface area (Å²) < 4.78 is 26.4. The minimum Gasteiger partial charge on any atom is -0.338 e. The Balaban J connectivity index is 1.77. The van der Waals surface area contributed by atoms with Crippen molar-refractivity contribution in [2.24, 2.45) is 0 Å². The summed E-state index contributed by atoms with van der Waals surface area (Å²) in [7, 11) is 0. The fourth-order valence-corrected chi connectivity index (χ4v) is 2.81. The average molecular weight is 291 g/mol. The molecule has 1 aromatic heterocycles. The highest BCUT2D eigenvalue weighted by Crippen LogP contribution is 2.28. The molecule has 2 aromatic rings. The lowest BCUT2D eigenvalue weighted by Gasteiger charge is -2.16. The number of carbonyl (C=O) groups is 1. The molecule has 2 heterocycles. The van der Waals surface area contributed by atoms with Crippen LogP contribution in [0.4, 0.5) is 8.78 Å². The Labute approximate surface area is 120 Å². The van der Waals surface area contributed by atoms with Crippen molar-refractivity contribution in [3.05, 3.63) is 52.9 Å². The number of aryl methyl sites for hydroxylation is 1. The Bertz CT molecular complexity index is 663. The quantitative estimate of drug-likeness (QED) is 0.924. The normalized spacial score (nSPS) is 18.2. The van der Waals surface area contributed by atoms with Gasteiger partial charge in [0, 0.05) is 36.3 Å². The van der Waals surface area contributed by atoms with E-state index in [0.29, 0.717) is 13.1 Å². The number of halogens is 2. The van der Waals surface area contributed by atoms with Crippen molar-refractivity contribution in [2.75, 3.05) is 13.1 Å². The van der Waals surface area contributed by atoms with Crippen LogP contribution in [0.15, 0.2) is 24.4 Å². The van der Waals surface area contributed by atoms with E-state index in [2.05, 4.69) is 10.2 Å². The molecule has 1 aliphatic rings. The first kappa shape index (κ1) is 13.7. The smallest absolute Gasteiger partial charge is 0.254 e. The van der Waals surface area contributed by atoms with Gasteiger partial charge in [-0.1, -0.05) is 0 Å². The third-order valence-corrected chi connectivity index (χ3v) is 3.86. The van der Waals surface area contributed by atoms with Gasteiger partial charge in [0.15, 0.2) is 0 Å². The van der Waals surface area contributed by atoms with Gasteiger partial charge in [0.05, 0.1) is 6.20 Å². The summed E-state index contributed by atoms with van der Waals surface area (Å²) in [5.74, 6) is -1.63. The summed E-state index contributed by atoms with van der Waals surface area (Å²) in [6.45, 7) is 3.06. The maximum absolute atomic E-state index is 13.2. The molecular formula is C15H15F2N3O. The van der Waals surface area contributed by atoms with Crippen molar-refractivity contribution < 1.29 is 13.6 Å². The first-order valence-corrected chi connectivity index (χ1v) is 6.80. The van der Waals surface area contributed by atoms with E-state index in [1.807, 2.05) is 6.92 Å². The lowest BCUT2D eigenvalue weighted by molar-refractivity contribution is 0.0789. The van der Waals surface area contributed by atoms with Crippen molar-refractivity contribution in [3.8, 4) is 0 Å². The number of likely N-dealkylation sites (tertiary alicyclic amines) is 1. The van der Waals surface area contributed by atoms with E-state index < -0.39 is 11.6 Å². The van der Waals surface area contributed by atoms with Crippen LogP contribution in [0.1, 0.15) is 34.0 Å². The topological polar surface area (TPSA) is 49.0 Å². The molecule has 0 aliphatic carbocycles. The van der Waals surface area contributed by atoms with Gasteiger partial charge in [0.2, 0.25) is 0 Å². The van der Waals surface area contributed by atoms with Crippen LogP contribution in [0.3, 0.4) is 0 Å². The van der Waals surface area contributed by atoms with Gasteiger partial charge in [-0.25, -0.2) is 8.78 Å². The van der Waals surface area contributed by atoms with Gasteiger partial charge in [0.1, 0.15) is 11.6 Å². The second-order valence-corrected chi connectivity index (χ2v) is 5.36. The van der Waals surface area contributed by atoms with Gasteiger partial charge in [-0.3, -0.25) is 9.89 Å². The summed E-state index contributed by atoms with van der Waals surface area (Å²) >= 11 is 0. The molecule has 1 atom stereocenters. The number of amides is 1. The van der Waals surface area contributed by atoms with Crippen molar-refractivity contribution in [2.45, 2.75) is 19.3 Å². The van der Waals surface area contributed by atoms with Crippen LogP contribution in [-0.4, -0.2) is 34.1 Å². The van der Waals surface area contributed by atoms with Gasteiger partial charge < -0.3 is 4.90 Å². The molecular weight excluding hydrogens is 276 g/mol. The van der Waals surface area contributed by atoms with Crippen LogP contribution in [0.5, 0.6) is 0 Å². The molecule has 0 bridgehead atoms. The molecule has 0 saturated carbocycles. The van der Waals surface area contributed by atoms with Crippen LogP contribution >= 0.6 is 0 Å². The number of carbonyl (C=O) groups excluding carboxylic acids is 1. The Morgan fingerprint density at radius 1 is 1.33 bits per heavy atom. The lowest BCUT2D eigenvalue weighted by Crippen LogP contribution is -2.28. The average Bonchev–Trinajstić information content (AvgIpc) is 3.05. The standard InChI is InChI=1S/C15H15F2N3O/c1-9-7-18-19-14(9)10-2-3-20(8-10)15(21)11-4-12(16)6-13(17)5-11/h4-7,10H,2-3,8H2,1H3,(H,18,19)/t10-/m1/s1. The predicted molar refractivity (Wildman–Crippen MR) is 72.9 cm³/mol. The maximum atomic E-state index is 13.2. The molecule has 1 saturated heterocycles. The number of nitrogens with zero attached hydrogens (tertiary/aromatic N) is 2. The van der Waals surface area contributed by atoms with E-state index in [0.717, 1.165) is 35.9 Å². The fraction of sp³-hybridized carbons (Fsp3) is 0.333. The minimum absolute atomic E-state index is 0.0504. The zero-order chi connectivity index (χ0) is 15.0. The van der Waals surface area contributed by atoms with Crippen LogP contribution in [0.2, 0.25) is 0 Å². The number of rotatable bonds is 2. The van der Waals surface area contributed by atoms with E-state index in [4.69, 9.17) is 0 Å². The number of hydrogen-bond donors (Lipinski definition) is 1. The highest BCUT2D eigenvalue weighted by molar-refractivity contribution is 5.94. The molecule has 1 amide bonds. The van der Waals surface area contributed by atoms with E-state index in [1.165, 1.54) is 0 Å². The summed E-state index contributed by atoms with van der Waals surface area (Å²) in [6.07, 6.45) is 2.56. The van der Waals surface area contributed by atoms with Crippen molar-refractivity contribution in [3.63, 3.8) is 0 Å². The highest BCUT2D eigenvalue weighted by atomic mass is 19.1. The number of H-pyrrole nitrogens is 1. The van der Waals surface area contributed by atoms with E-state index >= 15 is 0 Å².